The van der Waals surface area contributed by atoms with Gasteiger partial charge in [0.1, 0.15) is 23.7 Å². The highest BCUT2D eigenvalue weighted by Gasteiger charge is 2.22. The van der Waals surface area contributed by atoms with Crippen molar-refractivity contribution in [2.45, 2.75) is 25.8 Å². The number of nitrogens with zero attached hydrogens (tertiary/aromatic N) is 6. The maximum Gasteiger partial charge on any atom is 0.132 e. The molecule has 0 amide bonds. The zero-order chi connectivity index (χ0) is 18.6. The van der Waals surface area contributed by atoms with Gasteiger partial charge in [0, 0.05) is 31.5 Å². The molecule has 4 rings (SSSR count). The lowest BCUT2D eigenvalue weighted by Gasteiger charge is -2.31. The Morgan fingerprint density at radius 2 is 1.89 bits per heavy atom. The molecular formula is C20H26N6O. The lowest BCUT2D eigenvalue weighted by Crippen LogP contribution is -2.34. The summed E-state index contributed by atoms with van der Waals surface area (Å²) < 4.78 is 9.43. The van der Waals surface area contributed by atoms with Gasteiger partial charge in [-0.05, 0) is 56.1 Å². The average Bonchev–Trinajstić information content (AvgIpc) is 3.32. The zero-order valence-electron chi connectivity index (χ0n) is 16.0. The van der Waals surface area contributed by atoms with Crippen LogP contribution < -0.4 is 4.74 Å². The fourth-order valence-corrected chi connectivity index (χ4v) is 3.73. The minimum absolute atomic E-state index is 0.686. The molecule has 27 heavy (non-hydrogen) atoms. The van der Waals surface area contributed by atoms with E-state index in [0.29, 0.717) is 5.92 Å². The standard InChI is InChI=1S/C20H26N6O/c1-24-15-22-23-19(24)13-16-7-10-25(11-8-16)14-20-21-9-12-26(20)17-3-5-18(27-2)6-4-17/h3-6,9,12,15-16H,7-8,10-11,13-14H2,1-2H3. The van der Waals surface area contributed by atoms with Crippen LogP contribution in [-0.4, -0.2) is 49.4 Å². The topological polar surface area (TPSA) is 61.0 Å². The molecule has 0 saturated carbocycles. The molecule has 1 aliphatic heterocycles. The first-order valence-corrected chi connectivity index (χ1v) is 9.45. The summed E-state index contributed by atoms with van der Waals surface area (Å²) in [6.45, 7) is 3.06. The Kier molecular flexibility index (Phi) is 5.20. The van der Waals surface area contributed by atoms with E-state index in [1.807, 2.05) is 36.1 Å². The van der Waals surface area contributed by atoms with E-state index in [1.54, 1.807) is 13.4 Å². The fourth-order valence-electron chi connectivity index (χ4n) is 3.73. The number of ether oxygens (including phenoxy) is 1. The van der Waals surface area contributed by atoms with Gasteiger partial charge in [-0.25, -0.2) is 4.98 Å². The van der Waals surface area contributed by atoms with Gasteiger partial charge in [0.2, 0.25) is 0 Å². The largest absolute Gasteiger partial charge is 0.497 e. The molecule has 0 aliphatic carbocycles. The number of hydrogen-bond donors (Lipinski definition) is 0. The number of likely N-dealkylation sites (tertiary alicyclic amines) is 1. The molecule has 2 aromatic heterocycles. The van der Waals surface area contributed by atoms with Crippen molar-refractivity contribution >= 4 is 0 Å². The molecule has 142 valence electrons. The van der Waals surface area contributed by atoms with Crippen molar-refractivity contribution in [1.82, 2.24) is 29.2 Å². The van der Waals surface area contributed by atoms with Gasteiger partial charge in [-0.3, -0.25) is 4.90 Å². The molecule has 0 radical (unpaired) electrons. The Morgan fingerprint density at radius 1 is 1.11 bits per heavy atom. The van der Waals surface area contributed by atoms with Crippen LogP contribution in [0, 0.1) is 5.92 Å². The van der Waals surface area contributed by atoms with Gasteiger partial charge in [0.25, 0.3) is 0 Å². The molecule has 1 aromatic carbocycles. The average molecular weight is 366 g/mol. The second-order valence-electron chi connectivity index (χ2n) is 7.19. The van der Waals surface area contributed by atoms with Crippen LogP contribution in [0.2, 0.25) is 0 Å². The summed E-state index contributed by atoms with van der Waals surface area (Å²) in [5.41, 5.74) is 1.11. The van der Waals surface area contributed by atoms with Crippen molar-refractivity contribution < 1.29 is 4.74 Å². The molecular weight excluding hydrogens is 340 g/mol. The van der Waals surface area contributed by atoms with Crippen molar-refractivity contribution in [3.8, 4) is 11.4 Å². The molecule has 0 spiro atoms. The third-order valence-corrected chi connectivity index (χ3v) is 5.42. The van der Waals surface area contributed by atoms with Crippen molar-refractivity contribution in [2.75, 3.05) is 20.2 Å². The first kappa shape index (κ1) is 17.7. The van der Waals surface area contributed by atoms with Crippen LogP contribution in [0.4, 0.5) is 0 Å². The van der Waals surface area contributed by atoms with Crippen LogP contribution in [0.3, 0.4) is 0 Å². The van der Waals surface area contributed by atoms with Gasteiger partial charge in [0.05, 0.1) is 13.7 Å². The fraction of sp³-hybridized carbons (Fsp3) is 0.450. The Morgan fingerprint density at radius 3 is 2.56 bits per heavy atom. The highest BCUT2D eigenvalue weighted by molar-refractivity contribution is 5.38. The summed E-state index contributed by atoms with van der Waals surface area (Å²) in [7, 11) is 3.70. The summed E-state index contributed by atoms with van der Waals surface area (Å²) >= 11 is 0. The molecule has 0 atom stereocenters. The second kappa shape index (κ2) is 7.92. The lowest BCUT2D eigenvalue weighted by molar-refractivity contribution is 0.171. The Bertz CT molecular complexity index is 861. The first-order valence-electron chi connectivity index (χ1n) is 9.45. The summed E-state index contributed by atoms with van der Waals surface area (Å²) in [6.07, 6.45) is 9.08. The van der Waals surface area contributed by atoms with Crippen LogP contribution in [0.25, 0.3) is 5.69 Å². The van der Waals surface area contributed by atoms with E-state index in [1.165, 1.54) is 12.8 Å². The van der Waals surface area contributed by atoms with Crippen LogP contribution >= 0.6 is 0 Å². The minimum Gasteiger partial charge on any atom is -0.497 e. The van der Waals surface area contributed by atoms with Crippen LogP contribution in [0.15, 0.2) is 43.0 Å². The number of piperidine rings is 1. The molecule has 1 aliphatic rings. The van der Waals surface area contributed by atoms with Crippen LogP contribution in [0.1, 0.15) is 24.5 Å². The molecule has 7 heteroatoms. The van der Waals surface area contributed by atoms with E-state index in [-0.39, 0.29) is 0 Å². The summed E-state index contributed by atoms with van der Waals surface area (Å²) in [4.78, 5) is 7.08. The van der Waals surface area contributed by atoms with Gasteiger partial charge in [-0.2, -0.15) is 0 Å². The molecule has 0 bridgehead atoms. The monoisotopic (exact) mass is 366 g/mol. The van der Waals surface area contributed by atoms with Gasteiger partial charge in [-0.1, -0.05) is 0 Å². The lowest BCUT2D eigenvalue weighted by atomic mass is 9.93. The molecule has 1 saturated heterocycles. The predicted octanol–water partition coefficient (Wildman–Crippen LogP) is 2.46. The number of methoxy groups -OCH3 is 1. The highest BCUT2D eigenvalue weighted by atomic mass is 16.5. The van der Waals surface area contributed by atoms with Gasteiger partial charge in [-0.15, -0.1) is 10.2 Å². The molecule has 0 unspecified atom stereocenters. The Hall–Kier alpha value is -2.67. The quantitative estimate of drug-likeness (QED) is 0.671. The minimum atomic E-state index is 0.686. The van der Waals surface area contributed by atoms with E-state index >= 15 is 0 Å². The van der Waals surface area contributed by atoms with E-state index in [2.05, 4.69) is 36.8 Å². The third kappa shape index (κ3) is 4.03. The number of hydrogen-bond acceptors (Lipinski definition) is 5. The van der Waals surface area contributed by atoms with Crippen LogP contribution in [-0.2, 0) is 20.0 Å². The number of aromatic nitrogens is 5. The molecule has 7 nitrogen and oxygen atoms in total. The van der Waals surface area contributed by atoms with Gasteiger partial charge < -0.3 is 13.9 Å². The molecule has 3 heterocycles. The zero-order valence-corrected chi connectivity index (χ0v) is 16.0. The Balaban J connectivity index is 1.35. The Labute approximate surface area is 159 Å². The summed E-state index contributed by atoms with van der Waals surface area (Å²) in [5, 5.41) is 8.21. The smallest absolute Gasteiger partial charge is 0.132 e. The molecule has 1 fully saturated rings. The normalized spacial score (nSPS) is 15.9. The highest BCUT2D eigenvalue weighted by Crippen LogP contribution is 2.23. The first-order chi connectivity index (χ1) is 13.2. The summed E-state index contributed by atoms with van der Waals surface area (Å²) in [5.74, 6) is 3.71. The van der Waals surface area contributed by atoms with Crippen molar-refractivity contribution in [3.63, 3.8) is 0 Å². The third-order valence-electron chi connectivity index (χ3n) is 5.42. The number of rotatable bonds is 6. The molecule has 0 N–H and O–H groups in total. The van der Waals surface area contributed by atoms with E-state index in [0.717, 1.165) is 49.1 Å². The number of benzene rings is 1. The second-order valence-corrected chi connectivity index (χ2v) is 7.19. The van der Waals surface area contributed by atoms with Gasteiger partial charge in [0.15, 0.2) is 0 Å². The maximum atomic E-state index is 5.25. The van der Waals surface area contributed by atoms with Crippen molar-refractivity contribution in [2.24, 2.45) is 13.0 Å². The van der Waals surface area contributed by atoms with Crippen LogP contribution in [0.5, 0.6) is 5.75 Å². The summed E-state index contributed by atoms with van der Waals surface area (Å²) in [6, 6.07) is 8.10. The van der Waals surface area contributed by atoms with E-state index in [4.69, 9.17) is 4.74 Å². The number of imidazole rings is 1. The number of aryl methyl sites for hydroxylation is 1. The van der Waals surface area contributed by atoms with E-state index < -0.39 is 0 Å². The molecule has 3 aromatic rings. The maximum absolute atomic E-state index is 5.25. The van der Waals surface area contributed by atoms with Crippen molar-refractivity contribution in [1.29, 1.82) is 0 Å². The SMILES string of the molecule is COc1ccc(-n2ccnc2CN2CCC(Cc3nncn3C)CC2)cc1. The van der Waals surface area contributed by atoms with E-state index in [9.17, 15) is 0 Å². The van der Waals surface area contributed by atoms with Gasteiger partial charge >= 0.3 is 0 Å². The van der Waals surface area contributed by atoms with Crippen molar-refractivity contribution in [3.05, 3.63) is 54.6 Å². The predicted molar refractivity (Wildman–Crippen MR) is 103 cm³/mol.